The Morgan fingerprint density at radius 1 is 1.37 bits per heavy atom. The monoisotopic (exact) mass is 259 g/mol. The third-order valence-corrected chi connectivity index (χ3v) is 2.98. The Balaban J connectivity index is 2.28. The van der Waals surface area contributed by atoms with Gasteiger partial charge in [-0.1, -0.05) is 0 Å². The lowest BCUT2D eigenvalue weighted by Crippen LogP contribution is -2.23. The van der Waals surface area contributed by atoms with Gasteiger partial charge in [0.1, 0.15) is 5.76 Å². The molecule has 19 heavy (non-hydrogen) atoms. The second-order valence-electron chi connectivity index (χ2n) is 4.23. The second kappa shape index (κ2) is 5.48. The van der Waals surface area contributed by atoms with E-state index >= 15 is 0 Å². The summed E-state index contributed by atoms with van der Waals surface area (Å²) in [5, 5.41) is 0. The van der Waals surface area contributed by atoms with Gasteiger partial charge in [-0.15, -0.1) is 0 Å². The Hall–Kier alpha value is -2.43. The minimum absolute atomic E-state index is 0.343. The average molecular weight is 259 g/mol. The fourth-order valence-corrected chi connectivity index (χ4v) is 1.93. The molecule has 1 aromatic carbocycles. The molecular weight excluding hydrogens is 242 g/mol. The van der Waals surface area contributed by atoms with E-state index in [1.54, 1.807) is 18.4 Å². The molecule has 0 fully saturated rings. The molecule has 0 bridgehead atoms. The number of nitrogens with two attached hydrogens (primary N) is 2. The van der Waals surface area contributed by atoms with E-state index in [1.165, 1.54) is 0 Å². The van der Waals surface area contributed by atoms with Crippen molar-refractivity contribution in [3.8, 4) is 0 Å². The van der Waals surface area contributed by atoms with E-state index in [0.29, 0.717) is 17.8 Å². The summed E-state index contributed by atoms with van der Waals surface area (Å²) in [6.45, 7) is 3.44. The minimum atomic E-state index is -0.520. The van der Waals surface area contributed by atoms with Crippen LogP contribution in [0.3, 0.4) is 0 Å². The molecule has 0 spiro atoms. The van der Waals surface area contributed by atoms with Crippen molar-refractivity contribution in [1.29, 1.82) is 0 Å². The highest BCUT2D eigenvalue weighted by Crippen LogP contribution is 2.22. The predicted octanol–water partition coefficient (Wildman–Crippen LogP) is 1.99. The van der Waals surface area contributed by atoms with Gasteiger partial charge in [-0.25, -0.2) is 0 Å². The molecule has 100 valence electrons. The SMILES string of the molecule is CCN(Cc1ccco1)c1ccc(N)c(C(N)=O)c1. The van der Waals surface area contributed by atoms with E-state index in [0.717, 1.165) is 18.0 Å². The first-order chi connectivity index (χ1) is 9.11. The molecule has 2 rings (SSSR count). The highest BCUT2D eigenvalue weighted by atomic mass is 16.3. The number of amides is 1. The van der Waals surface area contributed by atoms with Crippen molar-refractivity contribution >= 4 is 17.3 Å². The summed E-state index contributed by atoms with van der Waals surface area (Å²) >= 11 is 0. The molecule has 5 heteroatoms. The number of benzene rings is 1. The Morgan fingerprint density at radius 2 is 2.16 bits per heavy atom. The van der Waals surface area contributed by atoms with Crippen molar-refractivity contribution in [2.45, 2.75) is 13.5 Å². The van der Waals surface area contributed by atoms with Crippen LogP contribution in [0.2, 0.25) is 0 Å². The van der Waals surface area contributed by atoms with Gasteiger partial charge < -0.3 is 20.8 Å². The van der Waals surface area contributed by atoms with Crippen LogP contribution in [0.15, 0.2) is 41.0 Å². The zero-order valence-electron chi connectivity index (χ0n) is 10.8. The van der Waals surface area contributed by atoms with Crippen LogP contribution < -0.4 is 16.4 Å². The van der Waals surface area contributed by atoms with Gasteiger partial charge in [0.2, 0.25) is 0 Å². The average Bonchev–Trinajstić information content (AvgIpc) is 2.89. The van der Waals surface area contributed by atoms with Crippen molar-refractivity contribution in [2.24, 2.45) is 5.73 Å². The van der Waals surface area contributed by atoms with E-state index < -0.39 is 5.91 Å². The van der Waals surface area contributed by atoms with E-state index in [-0.39, 0.29) is 0 Å². The maximum atomic E-state index is 11.3. The molecule has 4 N–H and O–H groups in total. The van der Waals surface area contributed by atoms with Crippen molar-refractivity contribution in [3.63, 3.8) is 0 Å². The van der Waals surface area contributed by atoms with Gasteiger partial charge in [-0.05, 0) is 37.3 Å². The number of anilines is 2. The van der Waals surface area contributed by atoms with E-state index in [2.05, 4.69) is 4.90 Å². The highest BCUT2D eigenvalue weighted by molar-refractivity contribution is 5.99. The number of carbonyl (C=O) groups excluding carboxylic acids is 1. The minimum Gasteiger partial charge on any atom is -0.467 e. The molecule has 0 radical (unpaired) electrons. The molecule has 5 nitrogen and oxygen atoms in total. The summed E-state index contributed by atoms with van der Waals surface area (Å²) in [7, 11) is 0. The summed E-state index contributed by atoms with van der Waals surface area (Å²) in [5.74, 6) is 0.340. The number of nitrogen functional groups attached to an aromatic ring is 1. The van der Waals surface area contributed by atoms with Gasteiger partial charge >= 0.3 is 0 Å². The van der Waals surface area contributed by atoms with Crippen molar-refractivity contribution < 1.29 is 9.21 Å². The Kier molecular flexibility index (Phi) is 3.75. The molecule has 0 atom stereocenters. The zero-order chi connectivity index (χ0) is 13.8. The standard InChI is InChI=1S/C14H17N3O2/c1-2-17(9-11-4-3-7-19-11)10-5-6-13(15)12(8-10)14(16)18/h3-8H,2,9,15H2,1H3,(H2,16,18). The van der Waals surface area contributed by atoms with Crippen LogP contribution >= 0.6 is 0 Å². The van der Waals surface area contributed by atoms with Crippen LogP contribution in [0.25, 0.3) is 0 Å². The normalized spacial score (nSPS) is 10.4. The third-order valence-electron chi connectivity index (χ3n) is 2.98. The van der Waals surface area contributed by atoms with Gasteiger partial charge in [-0.2, -0.15) is 0 Å². The van der Waals surface area contributed by atoms with Gasteiger partial charge in [0.15, 0.2) is 0 Å². The number of primary amides is 1. The molecule has 1 heterocycles. The van der Waals surface area contributed by atoms with Gasteiger partial charge in [0.25, 0.3) is 5.91 Å². The fourth-order valence-electron chi connectivity index (χ4n) is 1.93. The van der Waals surface area contributed by atoms with Gasteiger partial charge in [0.05, 0.1) is 18.4 Å². The lowest BCUT2D eigenvalue weighted by molar-refractivity contribution is 0.100. The highest BCUT2D eigenvalue weighted by Gasteiger charge is 2.11. The smallest absolute Gasteiger partial charge is 0.250 e. The van der Waals surface area contributed by atoms with Crippen LogP contribution in [0.1, 0.15) is 23.0 Å². The first-order valence-corrected chi connectivity index (χ1v) is 6.08. The molecule has 0 saturated carbocycles. The maximum Gasteiger partial charge on any atom is 0.250 e. The number of furan rings is 1. The number of carbonyl (C=O) groups is 1. The quantitative estimate of drug-likeness (QED) is 0.804. The van der Waals surface area contributed by atoms with Crippen molar-refractivity contribution in [3.05, 3.63) is 47.9 Å². The summed E-state index contributed by atoms with van der Waals surface area (Å²) in [6, 6.07) is 9.04. The predicted molar refractivity (Wildman–Crippen MR) is 74.8 cm³/mol. The number of rotatable bonds is 5. The first kappa shape index (κ1) is 13.0. The van der Waals surface area contributed by atoms with Gasteiger partial charge in [-0.3, -0.25) is 4.79 Å². The Morgan fingerprint density at radius 3 is 2.74 bits per heavy atom. The van der Waals surface area contributed by atoms with E-state index in [4.69, 9.17) is 15.9 Å². The van der Waals surface area contributed by atoms with Crippen molar-refractivity contribution in [1.82, 2.24) is 0 Å². The molecular formula is C14H17N3O2. The van der Waals surface area contributed by atoms with Crippen LogP contribution in [0, 0.1) is 0 Å². The molecule has 1 amide bonds. The number of nitrogens with zero attached hydrogens (tertiary/aromatic N) is 1. The molecule has 1 aromatic heterocycles. The van der Waals surface area contributed by atoms with Crippen LogP contribution in [0.4, 0.5) is 11.4 Å². The summed E-state index contributed by atoms with van der Waals surface area (Å²) < 4.78 is 5.33. The molecule has 0 aliphatic heterocycles. The van der Waals surface area contributed by atoms with Crippen LogP contribution in [0.5, 0.6) is 0 Å². The van der Waals surface area contributed by atoms with E-state index in [1.807, 2.05) is 25.1 Å². The summed E-state index contributed by atoms with van der Waals surface area (Å²) in [5.41, 5.74) is 12.7. The maximum absolute atomic E-state index is 11.3. The fraction of sp³-hybridized carbons (Fsp3) is 0.214. The number of hydrogen-bond acceptors (Lipinski definition) is 4. The Labute approximate surface area is 111 Å². The zero-order valence-corrected chi connectivity index (χ0v) is 10.8. The first-order valence-electron chi connectivity index (χ1n) is 6.08. The number of hydrogen-bond donors (Lipinski definition) is 2. The molecule has 0 aliphatic rings. The molecule has 2 aromatic rings. The lowest BCUT2D eigenvalue weighted by Gasteiger charge is -2.22. The van der Waals surface area contributed by atoms with Crippen molar-refractivity contribution in [2.75, 3.05) is 17.2 Å². The summed E-state index contributed by atoms with van der Waals surface area (Å²) in [4.78, 5) is 13.4. The molecule has 0 aliphatic carbocycles. The van der Waals surface area contributed by atoms with Crippen LogP contribution in [-0.4, -0.2) is 12.5 Å². The molecule has 0 saturated heterocycles. The largest absolute Gasteiger partial charge is 0.467 e. The van der Waals surface area contributed by atoms with E-state index in [9.17, 15) is 4.79 Å². The Bertz CT molecular complexity index is 564. The lowest BCUT2D eigenvalue weighted by atomic mass is 10.1. The van der Waals surface area contributed by atoms with Gasteiger partial charge in [0, 0.05) is 17.9 Å². The third kappa shape index (κ3) is 2.88. The molecule has 0 unspecified atom stereocenters. The van der Waals surface area contributed by atoms with Crippen LogP contribution in [-0.2, 0) is 6.54 Å². The summed E-state index contributed by atoms with van der Waals surface area (Å²) in [6.07, 6.45) is 1.64. The second-order valence-corrected chi connectivity index (χ2v) is 4.23. The topological polar surface area (TPSA) is 85.5 Å².